The molecule has 0 heterocycles. The van der Waals surface area contributed by atoms with E-state index in [0.29, 0.717) is 17.3 Å². The first-order valence-corrected chi connectivity index (χ1v) is 10.8. The van der Waals surface area contributed by atoms with Gasteiger partial charge < -0.3 is 15.4 Å². The van der Waals surface area contributed by atoms with Crippen molar-refractivity contribution in [1.82, 2.24) is 5.32 Å². The molecule has 0 saturated heterocycles. The molecule has 0 aliphatic carbocycles. The standard InChI is InChI=1S/C26H28N2O2S/c1-5-30-25(29)21-13-12-18(3)23(16-21)27-26(31)28-24(20-9-7-6-8-10-20)22-14-11-17(2)15-19(22)4/h6-16,24H,5H2,1-4H3,(H2,27,28,31)/t24-/m0/s1. The number of ether oxygens (including phenoxy) is 1. The number of carbonyl (C=O) groups excluding carboxylic acids is 1. The van der Waals surface area contributed by atoms with Crippen molar-refractivity contribution in [2.24, 2.45) is 0 Å². The van der Waals surface area contributed by atoms with E-state index >= 15 is 0 Å². The highest BCUT2D eigenvalue weighted by Crippen LogP contribution is 2.26. The number of anilines is 1. The Morgan fingerprint density at radius 2 is 1.71 bits per heavy atom. The fraction of sp³-hybridized carbons (Fsp3) is 0.231. The quantitative estimate of drug-likeness (QED) is 0.377. The number of thiocarbonyl (C=S) groups is 1. The Morgan fingerprint density at radius 1 is 0.968 bits per heavy atom. The lowest BCUT2D eigenvalue weighted by Crippen LogP contribution is -2.33. The summed E-state index contributed by atoms with van der Waals surface area (Å²) >= 11 is 5.66. The van der Waals surface area contributed by atoms with Gasteiger partial charge in [0.2, 0.25) is 0 Å². The Morgan fingerprint density at radius 3 is 2.39 bits per heavy atom. The smallest absolute Gasteiger partial charge is 0.338 e. The molecule has 0 unspecified atom stereocenters. The third-order valence-electron chi connectivity index (χ3n) is 5.14. The van der Waals surface area contributed by atoms with Crippen molar-refractivity contribution in [3.8, 4) is 0 Å². The van der Waals surface area contributed by atoms with E-state index in [9.17, 15) is 4.79 Å². The average Bonchev–Trinajstić information content (AvgIpc) is 2.75. The first-order chi connectivity index (χ1) is 14.9. The van der Waals surface area contributed by atoms with E-state index in [1.165, 1.54) is 11.1 Å². The van der Waals surface area contributed by atoms with E-state index in [2.05, 4.69) is 54.8 Å². The van der Waals surface area contributed by atoms with Crippen LogP contribution in [0.5, 0.6) is 0 Å². The van der Waals surface area contributed by atoms with Crippen LogP contribution in [0.4, 0.5) is 5.69 Å². The molecule has 0 amide bonds. The molecule has 0 radical (unpaired) electrons. The second-order valence-corrected chi connectivity index (χ2v) is 7.96. The monoisotopic (exact) mass is 432 g/mol. The van der Waals surface area contributed by atoms with Gasteiger partial charge in [0.05, 0.1) is 18.2 Å². The molecule has 0 aliphatic heterocycles. The Hall–Kier alpha value is -3.18. The molecule has 0 aromatic heterocycles. The van der Waals surface area contributed by atoms with Crippen molar-refractivity contribution in [2.75, 3.05) is 11.9 Å². The molecule has 0 spiro atoms. The summed E-state index contributed by atoms with van der Waals surface area (Å²) in [6, 6.07) is 22.0. The van der Waals surface area contributed by atoms with Crippen LogP contribution in [0.2, 0.25) is 0 Å². The molecular formula is C26H28N2O2S. The van der Waals surface area contributed by atoms with E-state index in [4.69, 9.17) is 17.0 Å². The number of aryl methyl sites for hydroxylation is 3. The molecule has 1 atom stereocenters. The van der Waals surface area contributed by atoms with Gasteiger partial charge in [-0.3, -0.25) is 0 Å². The maximum absolute atomic E-state index is 12.1. The molecule has 3 aromatic carbocycles. The van der Waals surface area contributed by atoms with Gasteiger partial charge in [-0.25, -0.2) is 4.79 Å². The maximum atomic E-state index is 12.1. The van der Waals surface area contributed by atoms with Gasteiger partial charge in [0, 0.05) is 5.69 Å². The summed E-state index contributed by atoms with van der Waals surface area (Å²) in [6.07, 6.45) is 0. The second kappa shape index (κ2) is 10.2. The van der Waals surface area contributed by atoms with Gasteiger partial charge in [-0.2, -0.15) is 0 Å². The predicted molar refractivity (Wildman–Crippen MR) is 131 cm³/mol. The van der Waals surface area contributed by atoms with E-state index in [1.54, 1.807) is 19.1 Å². The number of esters is 1. The van der Waals surface area contributed by atoms with Crippen molar-refractivity contribution >= 4 is 29.0 Å². The summed E-state index contributed by atoms with van der Waals surface area (Å²) < 4.78 is 5.12. The van der Waals surface area contributed by atoms with E-state index in [0.717, 1.165) is 22.4 Å². The lowest BCUT2D eigenvalue weighted by Gasteiger charge is -2.24. The highest BCUT2D eigenvalue weighted by atomic mass is 32.1. The minimum absolute atomic E-state index is 0.102. The van der Waals surface area contributed by atoms with Gasteiger partial charge in [0.15, 0.2) is 5.11 Å². The Labute approximate surface area is 189 Å². The van der Waals surface area contributed by atoms with Gasteiger partial charge in [-0.1, -0.05) is 60.2 Å². The van der Waals surface area contributed by atoms with Crippen molar-refractivity contribution < 1.29 is 9.53 Å². The molecule has 4 nitrogen and oxygen atoms in total. The molecule has 0 fully saturated rings. The highest BCUT2D eigenvalue weighted by molar-refractivity contribution is 7.80. The van der Waals surface area contributed by atoms with Crippen LogP contribution in [0.1, 0.15) is 51.1 Å². The topological polar surface area (TPSA) is 50.4 Å². The number of hydrogen-bond donors (Lipinski definition) is 2. The molecule has 160 valence electrons. The van der Waals surface area contributed by atoms with Crippen LogP contribution in [-0.4, -0.2) is 17.7 Å². The molecule has 0 bridgehead atoms. The van der Waals surface area contributed by atoms with Crippen molar-refractivity contribution in [3.05, 3.63) is 100 Å². The summed E-state index contributed by atoms with van der Waals surface area (Å²) in [5.74, 6) is -0.345. The molecule has 0 aliphatic rings. The van der Waals surface area contributed by atoms with Crippen molar-refractivity contribution in [3.63, 3.8) is 0 Å². The third-order valence-corrected chi connectivity index (χ3v) is 5.36. The van der Waals surface area contributed by atoms with E-state index in [1.807, 2.05) is 31.2 Å². The van der Waals surface area contributed by atoms with E-state index < -0.39 is 0 Å². The van der Waals surface area contributed by atoms with Gasteiger partial charge in [0.25, 0.3) is 0 Å². The number of benzene rings is 3. The number of rotatable bonds is 6. The molecule has 3 aromatic rings. The first kappa shape index (κ1) is 22.5. The second-order valence-electron chi connectivity index (χ2n) is 7.55. The Bertz CT molecular complexity index is 1080. The molecule has 0 saturated carbocycles. The molecular weight excluding hydrogens is 404 g/mol. The summed E-state index contributed by atoms with van der Waals surface area (Å²) in [4.78, 5) is 12.1. The zero-order chi connectivity index (χ0) is 22.4. The van der Waals surface area contributed by atoms with Crippen molar-refractivity contribution in [2.45, 2.75) is 33.7 Å². The zero-order valence-electron chi connectivity index (χ0n) is 18.4. The first-order valence-electron chi connectivity index (χ1n) is 10.4. The number of hydrogen-bond acceptors (Lipinski definition) is 3. The minimum atomic E-state index is -0.345. The normalized spacial score (nSPS) is 11.5. The lowest BCUT2D eigenvalue weighted by molar-refractivity contribution is 0.0526. The van der Waals surface area contributed by atoms with Crippen molar-refractivity contribution in [1.29, 1.82) is 0 Å². The van der Waals surface area contributed by atoms with Gasteiger partial charge in [-0.05, 0) is 74.3 Å². The van der Waals surface area contributed by atoms with Crippen LogP contribution in [0.15, 0.2) is 66.7 Å². The predicted octanol–water partition coefficient (Wildman–Crippen LogP) is 5.86. The van der Waals surface area contributed by atoms with Crippen LogP contribution in [-0.2, 0) is 4.74 Å². The largest absolute Gasteiger partial charge is 0.462 e. The van der Waals surface area contributed by atoms with Crippen LogP contribution < -0.4 is 10.6 Å². The summed E-state index contributed by atoms with van der Waals surface area (Å²) in [5.41, 5.74) is 6.96. The fourth-order valence-electron chi connectivity index (χ4n) is 3.52. The van der Waals surface area contributed by atoms with Crippen LogP contribution in [0, 0.1) is 20.8 Å². The van der Waals surface area contributed by atoms with Gasteiger partial charge >= 0.3 is 5.97 Å². The molecule has 5 heteroatoms. The van der Waals surface area contributed by atoms with Crippen LogP contribution in [0.25, 0.3) is 0 Å². The fourth-order valence-corrected chi connectivity index (χ4v) is 3.75. The van der Waals surface area contributed by atoms with Crippen LogP contribution >= 0.6 is 12.2 Å². The molecule has 2 N–H and O–H groups in total. The highest BCUT2D eigenvalue weighted by Gasteiger charge is 2.18. The lowest BCUT2D eigenvalue weighted by atomic mass is 9.94. The summed E-state index contributed by atoms with van der Waals surface area (Å²) in [6.45, 7) is 8.31. The summed E-state index contributed by atoms with van der Waals surface area (Å²) in [7, 11) is 0. The minimum Gasteiger partial charge on any atom is -0.462 e. The van der Waals surface area contributed by atoms with E-state index in [-0.39, 0.29) is 12.0 Å². The molecule has 31 heavy (non-hydrogen) atoms. The SMILES string of the molecule is CCOC(=O)c1ccc(C)c(NC(=S)N[C@@H](c2ccccc2)c2ccc(C)cc2C)c1. The average molecular weight is 433 g/mol. The maximum Gasteiger partial charge on any atom is 0.338 e. The number of nitrogens with one attached hydrogen (secondary N) is 2. The molecule has 3 rings (SSSR count). The Balaban J connectivity index is 1.86. The third kappa shape index (κ3) is 5.70. The summed E-state index contributed by atoms with van der Waals surface area (Å²) in [5, 5.41) is 7.21. The van der Waals surface area contributed by atoms with Gasteiger partial charge in [-0.15, -0.1) is 0 Å². The van der Waals surface area contributed by atoms with Crippen LogP contribution in [0.3, 0.4) is 0 Å². The number of carbonyl (C=O) groups is 1. The zero-order valence-corrected chi connectivity index (χ0v) is 19.2. The van der Waals surface area contributed by atoms with Gasteiger partial charge in [0.1, 0.15) is 0 Å². The Kier molecular flexibility index (Phi) is 7.42.